The Bertz CT molecular complexity index is 1110. The zero-order valence-electron chi connectivity index (χ0n) is 14.9. The molecule has 1 aliphatic rings. The fourth-order valence-corrected chi connectivity index (χ4v) is 2.83. The number of allylic oxidation sites excluding steroid dienone is 1. The molecule has 4 nitrogen and oxygen atoms in total. The molecule has 0 atom stereocenters. The SMILES string of the molecule is Cc1ccc(C(=O)Oc2ccc3c(c2)O/C(=C/c2cccc(F)c2)C3=O)cc1. The second-order valence-electron chi connectivity index (χ2n) is 6.41. The molecule has 0 amide bonds. The number of Topliss-reactive ketones (excluding diaryl/α,β-unsaturated/α-hetero) is 1. The average molecular weight is 374 g/mol. The monoisotopic (exact) mass is 374 g/mol. The molecule has 138 valence electrons. The standard InChI is InChI=1S/C23H15FO4/c1-14-5-7-16(8-6-14)23(26)27-18-9-10-19-20(13-18)28-21(22(19)25)12-15-3-2-4-17(24)11-15/h2-13H,1H3/b21-12+. The molecule has 0 radical (unpaired) electrons. The number of hydrogen-bond acceptors (Lipinski definition) is 4. The highest BCUT2D eigenvalue weighted by molar-refractivity contribution is 6.14. The van der Waals surface area contributed by atoms with E-state index in [9.17, 15) is 14.0 Å². The van der Waals surface area contributed by atoms with Gasteiger partial charge in [-0.05, 0) is 55.0 Å². The van der Waals surface area contributed by atoms with E-state index in [-0.39, 0.29) is 17.3 Å². The summed E-state index contributed by atoms with van der Waals surface area (Å²) in [6.45, 7) is 1.93. The minimum Gasteiger partial charge on any atom is -0.452 e. The van der Waals surface area contributed by atoms with Crippen LogP contribution in [0.1, 0.15) is 31.8 Å². The third-order valence-corrected chi connectivity index (χ3v) is 4.29. The molecule has 0 N–H and O–H groups in total. The van der Waals surface area contributed by atoms with Gasteiger partial charge >= 0.3 is 5.97 Å². The molecule has 3 aromatic carbocycles. The Balaban J connectivity index is 1.55. The van der Waals surface area contributed by atoms with Gasteiger partial charge in [0.05, 0.1) is 11.1 Å². The van der Waals surface area contributed by atoms with E-state index in [0.717, 1.165) is 5.56 Å². The van der Waals surface area contributed by atoms with Crippen molar-refractivity contribution in [1.82, 2.24) is 0 Å². The Morgan fingerprint density at radius 2 is 1.82 bits per heavy atom. The number of esters is 1. The van der Waals surface area contributed by atoms with Gasteiger partial charge in [0.25, 0.3) is 0 Å². The van der Waals surface area contributed by atoms with Crippen LogP contribution in [-0.4, -0.2) is 11.8 Å². The van der Waals surface area contributed by atoms with Crippen LogP contribution in [0.2, 0.25) is 0 Å². The van der Waals surface area contributed by atoms with Crippen molar-refractivity contribution in [1.29, 1.82) is 0 Å². The maximum Gasteiger partial charge on any atom is 0.343 e. The van der Waals surface area contributed by atoms with E-state index in [4.69, 9.17) is 9.47 Å². The predicted molar refractivity (Wildman–Crippen MR) is 102 cm³/mol. The molecule has 5 heteroatoms. The Labute approximate surface area is 160 Å². The number of rotatable bonds is 3. The van der Waals surface area contributed by atoms with Crippen LogP contribution in [0, 0.1) is 12.7 Å². The van der Waals surface area contributed by atoms with Crippen LogP contribution < -0.4 is 9.47 Å². The van der Waals surface area contributed by atoms with Crippen LogP contribution in [0.5, 0.6) is 11.5 Å². The van der Waals surface area contributed by atoms with Crippen molar-refractivity contribution in [3.63, 3.8) is 0 Å². The topological polar surface area (TPSA) is 52.6 Å². The van der Waals surface area contributed by atoms with Gasteiger partial charge in [0.1, 0.15) is 17.3 Å². The molecular weight excluding hydrogens is 359 g/mol. The average Bonchev–Trinajstić information content (AvgIpc) is 2.97. The van der Waals surface area contributed by atoms with Gasteiger partial charge in [-0.1, -0.05) is 29.8 Å². The molecule has 0 spiro atoms. The lowest BCUT2D eigenvalue weighted by Gasteiger charge is -2.06. The molecule has 0 aliphatic carbocycles. The lowest BCUT2D eigenvalue weighted by Crippen LogP contribution is -2.08. The van der Waals surface area contributed by atoms with E-state index in [1.807, 2.05) is 19.1 Å². The van der Waals surface area contributed by atoms with Gasteiger partial charge in [-0.3, -0.25) is 4.79 Å². The normalized spacial score (nSPS) is 13.9. The summed E-state index contributed by atoms with van der Waals surface area (Å²) in [6.07, 6.45) is 1.48. The van der Waals surface area contributed by atoms with Crippen LogP contribution in [0.25, 0.3) is 6.08 Å². The van der Waals surface area contributed by atoms with Crippen molar-refractivity contribution in [2.75, 3.05) is 0 Å². The van der Waals surface area contributed by atoms with Gasteiger partial charge in [-0.25, -0.2) is 9.18 Å². The fraction of sp³-hybridized carbons (Fsp3) is 0.0435. The van der Waals surface area contributed by atoms with Gasteiger partial charge in [0.15, 0.2) is 5.76 Å². The smallest absolute Gasteiger partial charge is 0.343 e. The fourth-order valence-electron chi connectivity index (χ4n) is 2.83. The summed E-state index contributed by atoms with van der Waals surface area (Å²) in [5.74, 6) is -0.563. The summed E-state index contributed by atoms with van der Waals surface area (Å²) in [5.41, 5.74) is 2.34. The Kier molecular flexibility index (Phi) is 4.49. The number of benzene rings is 3. The van der Waals surface area contributed by atoms with Gasteiger partial charge in [0, 0.05) is 6.07 Å². The summed E-state index contributed by atoms with van der Waals surface area (Å²) in [7, 11) is 0. The molecule has 0 saturated carbocycles. The minimum absolute atomic E-state index is 0.0858. The minimum atomic E-state index is -0.500. The van der Waals surface area contributed by atoms with Crippen LogP contribution >= 0.6 is 0 Å². The first kappa shape index (κ1) is 17.7. The third-order valence-electron chi connectivity index (χ3n) is 4.29. The summed E-state index contributed by atoms with van der Waals surface area (Å²) in [4.78, 5) is 24.7. The largest absolute Gasteiger partial charge is 0.452 e. The summed E-state index contributed by atoms with van der Waals surface area (Å²) < 4.78 is 24.3. The molecule has 0 unspecified atom stereocenters. The molecule has 3 aromatic rings. The zero-order chi connectivity index (χ0) is 19.7. The molecular formula is C23H15FO4. The highest BCUT2D eigenvalue weighted by atomic mass is 19.1. The maximum absolute atomic E-state index is 13.3. The number of carbonyl (C=O) groups is 2. The van der Waals surface area contributed by atoms with Gasteiger partial charge < -0.3 is 9.47 Å². The molecule has 1 aliphatic heterocycles. The number of hydrogen-bond donors (Lipinski definition) is 0. The number of carbonyl (C=O) groups excluding carboxylic acids is 2. The van der Waals surface area contributed by atoms with E-state index < -0.39 is 11.8 Å². The van der Waals surface area contributed by atoms with Crippen molar-refractivity contribution >= 4 is 17.8 Å². The third kappa shape index (κ3) is 3.55. The molecule has 4 rings (SSSR count). The summed E-state index contributed by atoms with van der Waals surface area (Å²) >= 11 is 0. The quantitative estimate of drug-likeness (QED) is 0.369. The molecule has 0 aromatic heterocycles. The Morgan fingerprint density at radius 1 is 1.04 bits per heavy atom. The van der Waals surface area contributed by atoms with E-state index in [2.05, 4.69) is 0 Å². The predicted octanol–water partition coefficient (Wildman–Crippen LogP) is 4.97. The van der Waals surface area contributed by atoms with Crippen molar-refractivity contribution < 1.29 is 23.5 Å². The number of halogens is 1. The zero-order valence-corrected chi connectivity index (χ0v) is 14.9. The number of ether oxygens (including phenoxy) is 2. The van der Waals surface area contributed by atoms with Crippen LogP contribution in [0.15, 0.2) is 72.5 Å². The van der Waals surface area contributed by atoms with Crippen LogP contribution in [-0.2, 0) is 0 Å². The Morgan fingerprint density at radius 3 is 2.57 bits per heavy atom. The first-order valence-corrected chi connectivity index (χ1v) is 8.62. The van der Waals surface area contributed by atoms with E-state index in [1.54, 1.807) is 30.3 Å². The van der Waals surface area contributed by atoms with Crippen LogP contribution in [0.4, 0.5) is 4.39 Å². The molecule has 0 fully saturated rings. The lowest BCUT2D eigenvalue weighted by atomic mass is 10.1. The van der Waals surface area contributed by atoms with Crippen molar-refractivity contribution in [3.8, 4) is 11.5 Å². The van der Waals surface area contributed by atoms with Crippen molar-refractivity contribution in [3.05, 3.63) is 101 Å². The first-order chi connectivity index (χ1) is 13.5. The molecule has 1 heterocycles. The molecule has 0 bridgehead atoms. The highest BCUT2D eigenvalue weighted by Gasteiger charge is 2.28. The van der Waals surface area contributed by atoms with E-state index >= 15 is 0 Å². The van der Waals surface area contributed by atoms with E-state index in [1.165, 1.54) is 30.3 Å². The van der Waals surface area contributed by atoms with Crippen LogP contribution in [0.3, 0.4) is 0 Å². The molecule has 0 saturated heterocycles. The van der Waals surface area contributed by atoms with Gasteiger partial charge in [-0.2, -0.15) is 0 Å². The van der Waals surface area contributed by atoms with Crippen molar-refractivity contribution in [2.45, 2.75) is 6.92 Å². The second-order valence-corrected chi connectivity index (χ2v) is 6.41. The number of aryl methyl sites for hydroxylation is 1. The first-order valence-electron chi connectivity index (χ1n) is 8.62. The number of ketones is 1. The summed E-state index contributed by atoms with van der Waals surface area (Å²) in [5, 5.41) is 0. The molecule has 28 heavy (non-hydrogen) atoms. The van der Waals surface area contributed by atoms with E-state index in [0.29, 0.717) is 22.4 Å². The Hall–Kier alpha value is -3.73. The van der Waals surface area contributed by atoms with Gasteiger partial charge in [-0.15, -0.1) is 0 Å². The van der Waals surface area contributed by atoms with Gasteiger partial charge in [0.2, 0.25) is 5.78 Å². The van der Waals surface area contributed by atoms with Crippen molar-refractivity contribution in [2.24, 2.45) is 0 Å². The maximum atomic E-state index is 13.3. The lowest BCUT2D eigenvalue weighted by molar-refractivity contribution is 0.0734. The number of fused-ring (bicyclic) bond motifs is 1. The summed E-state index contributed by atoms with van der Waals surface area (Å²) in [6, 6.07) is 17.4. The highest BCUT2D eigenvalue weighted by Crippen LogP contribution is 2.35. The second kappa shape index (κ2) is 7.12.